The van der Waals surface area contributed by atoms with Crippen molar-refractivity contribution in [1.29, 1.82) is 0 Å². The van der Waals surface area contributed by atoms with Crippen molar-refractivity contribution in [2.75, 3.05) is 13.6 Å². The molecule has 0 radical (unpaired) electrons. The van der Waals surface area contributed by atoms with Crippen molar-refractivity contribution in [3.05, 3.63) is 27.4 Å². The first-order chi connectivity index (χ1) is 9.27. The molecule has 1 aliphatic rings. The van der Waals surface area contributed by atoms with E-state index in [1.54, 1.807) is 11.3 Å². The fourth-order valence-electron chi connectivity index (χ4n) is 2.10. The molecule has 1 aromatic rings. The Labute approximate surface area is 126 Å². The molecule has 0 atom stereocenters. The Morgan fingerprint density at radius 3 is 2.35 bits per heavy atom. The summed E-state index contributed by atoms with van der Waals surface area (Å²) in [5.41, 5.74) is 1.83. The molecule has 1 aromatic heterocycles. The Hall–Kier alpha value is -0.615. The molecule has 20 heavy (non-hydrogen) atoms. The molecule has 5 heteroatoms. The number of thiophene rings is 1. The SMILES string of the molecule is CNCC(=Cc1sccc1C)B1OC(C)(C)C(C)(C)O1. The Bertz CT molecular complexity index is 492. The molecule has 2 heterocycles. The number of likely N-dealkylation sites (N-methyl/N-ethyl adjacent to an activating group) is 1. The maximum Gasteiger partial charge on any atom is 0.491 e. The zero-order valence-corrected chi connectivity index (χ0v) is 14.1. The minimum Gasteiger partial charge on any atom is -0.400 e. The van der Waals surface area contributed by atoms with Crippen LogP contribution in [0.4, 0.5) is 0 Å². The van der Waals surface area contributed by atoms with Gasteiger partial charge in [-0.2, -0.15) is 0 Å². The molecule has 2 rings (SSSR count). The average molecular weight is 293 g/mol. The first kappa shape index (κ1) is 15.8. The van der Waals surface area contributed by atoms with Crippen LogP contribution in [-0.2, 0) is 9.31 Å². The van der Waals surface area contributed by atoms with Gasteiger partial charge in [0.1, 0.15) is 0 Å². The van der Waals surface area contributed by atoms with Crippen molar-refractivity contribution < 1.29 is 9.31 Å². The van der Waals surface area contributed by atoms with Crippen LogP contribution in [0.15, 0.2) is 16.9 Å². The van der Waals surface area contributed by atoms with E-state index in [1.807, 2.05) is 7.05 Å². The normalized spacial score (nSPS) is 21.5. The van der Waals surface area contributed by atoms with Crippen molar-refractivity contribution in [1.82, 2.24) is 5.32 Å². The van der Waals surface area contributed by atoms with Gasteiger partial charge in [-0.1, -0.05) is 0 Å². The summed E-state index contributed by atoms with van der Waals surface area (Å²) in [4.78, 5) is 1.27. The van der Waals surface area contributed by atoms with Crippen LogP contribution >= 0.6 is 11.3 Å². The summed E-state index contributed by atoms with van der Waals surface area (Å²) >= 11 is 1.75. The van der Waals surface area contributed by atoms with Gasteiger partial charge in [-0.05, 0) is 70.2 Å². The van der Waals surface area contributed by atoms with E-state index in [0.717, 1.165) is 12.0 Å². The predicted molar refractivity (Wildman–Crippen MR) is 87.0 cm³/mol. The highest BCUT2D eigenvalue weighted by Gasteiger charge is 2.52. The molecule has 0 bridgehead atoms. The molecule has 1 N–H and O–H groups in total. The van der Waals surface area contributed by atoms with Crippen LogP contribution in [-0.4, -0.2) is 31.9 Å². The van der Waals surface area contributed by atoms with Crippen LogP contribution in [0.3, 0.4) is 0 Å². The smallest absolute Gasteiger partial charge is 0.400 e. The maximum atomic E-state index is 6.14. The minimum atomic E-state index is -0.297. The second-order valence-electron chi connectivity index (χ2n) is 6.31. The van der Waals surface area contributed by atoms with Gasteiger partial charge in [-0.15, -0.1) is 11.3 Å². The van der Waals surface area contributed by atoms with Crippen molar-refractivity contribution in [2.45, 2.75) is 45.8 Å². The lowest BCUT2D eigenvalue weighted by Gasteiger charge is -2.32. The van der Waals surface area contributed by atoms with Gasteiger partial charge in [-0.25, -0.2) is 0 Å². The molecular formula is C15H24BNO2S. The fourth-order valence-corrected chi connectivity index (χ4v) is 2.99. The topological polar surface area (TPSA) is 30.5 Å². The van der Waals surface area contributed by atoms with Gasteiger partial charge in [0.05, 0.1) is 11.2 Å². The zero-order valence-electron chi connectivity index (χ0n) is 13.2. The van der Waals surface area contributed by atoms with Gasteiger partial charge >= 0.3 is 7.12 Å². The lowest BCUT2D eigenvalue weighted by Crippen LogP contribution is -2.41. The largest absolute Gasteiger partial charge is 0.491 e. The van der Waals surface area contributed by atoms with E-state index in [4.69, 9.17) is 9.31 Å². The quantitative estimate of drug-likeness (QED) is 0.864. The second kappa shape index (κ2) is 5.64. The summed E-state index contributed by atoms with van der Waals surface area (Å²) in [7, 11) is 1.66. The first-order valence-electron chi connectivity index (χ1n) is 7.01. The van der Waals surface area contributed by atoms with E-state index in [9.17, 15) is 0 Å². The highest BCUT2D eigenvalue weighted by Crippen LogP contribution is 2.39. The van der Waals surface area contributed by atoms with Crippen LogP contribution in [0.25, 0.3) is 6.08 Å². The van der Waals surface area contributed by atoms with Crippen LogP contribution in [0.1, 0.15) is 38.1 Å². The van der Waals surface area contributed by atoms with Gasteiger partial charge in [0.2, 0.25) is 0 Å². The van der Waals surface area contributed by atoms with E-state index in [0.29, 0.717) is 0 Å². The molecule has 0 spiro atoms. The Morgan fingerprint density at radius 1 is 1.30 bits per heavy atom. The molecule has 1 fully saturated rings. The summed E-state index contributed by atoms with van der Waals surface area (Å²) < 4.78 is 12.3. The summed E-state index contributed by atoms with van der Waals surface area (Å²) in [6.45, 7) is 11.2. The molecule has 0 unspecified atom stereocenters. The van der Waals surface area contributed by atoms with E-state index in [2.05, 4.69) is 57.5 Å². The Balaban J connectivity index is 2.27. The third kappa shape index (κ3) is 3.01. The molecule has 0 saturated carbocycles. The van der Waals surface area contributed by atoms with Gasteiger partial charge in [-0.3, -0.25) is 0 Å². The molecule has 1 aliphatic heterocycles. The van der Waals surface area contributed by atoms with Crippen LogP contribution in [0.2, 0.25) is 0 Å². The third-order valence-corrected chi connectivity index (χ3v) is 5.12. The standard InChI is InChI=1S/C15H24BNO2S/c1-11-7-8-20-13(11)9-12(10-17-6)16-18-14(2,3)15(4,5)19-16/h7-9,17H,10H2,1-6H3. The van der Waals surface area contributed by atoms with Gasteiger partial charge in [0, 0.05) is 11.4 Å². The monoisotopic (exact) mass is 293 g/mol. The van der Waals surface area contributed by atoms with E-state index < -0.39 is 0 Å². The molecule has 0 amide bonds. The summed E-state index contributed by atoms with van der Waals surface area (Å²) in [6, 6.07) is 2.14. The summed E-state index contributed by atoms with van der Waals surface area (Å²) in [6.07, 6.45) is 2.19. The predicted octanol–water partition coefficient (Wildman–Crippen LogP) is 3.29. The lowest BCUT2D eigenvalue weighted by atomic mass is 9.77. The number of nitrogens with one attached hydrogen (secondary N) is 1. The highest BCUT2D eigenvalue weighted by atomic mass is 32.1. The number of aryl methyl sites for hydroxylation is 1. The number of rotatable bonds is 4. The number of hydrogen-bond acceptors (Lipinski definition) is 4. The highest BCUT2D eigenvalue weighted by molar-refractivity contribution is 7.11. The number of hydrogen-bond donors (Lipinski definition) is 1. The van der Waals surface area contributed by atoms with Crippen LogP contribution in [0.5, 0.6) is 0 Å². The minimum absolute atomic E-state index is 0.283. The summed E-state index contributed by atoms with van der Waals surface area (Å²) in [5.74, 6) is 0. The fraction of sp³-hybridized carbons (Fsp3) is 0.600. The Kier molecular flexibility index (Phi) is 4.45. The first-order valence-corrected chi connectivity index (χ1v) is 7.89. The zero-order chi connectivity index (χ0) is 15.0. The van der Waals surface area contributed by atoms with E-state index in [-0.39, 0.29) is 18.3 Å². The molecule has 1 saturated heterocycles. The van der Waals surface area contributed by atoms with Crippen LogP contribution in [0, 0.1) is 6.92 Å². The Morgan fingerprint density at radius 2 is 1.90 bits per heavy atom. The van der Waals surface area contributed by atoms with Crippen molar-refractivity contribution >= 4 is 24.5 Å². The third-order valence-electron chi connectivity index (χ3n) is 4.16. The van der Waals surface area contributed by atoms with Crippen molar-refractivity contribution in [3.63, 3.8) is 0 Å². The van der Waals surface area contributed by atoms with Gasteiger partial charge in [0.15, 0.2) is 0 Å². The lowest BCUT2D eigenvalue weighted by molar-refractivity contribution is 0.00578. The van der Waals surface area contributed by atoms with E-state index >= 15 is 0 Å². The van der Waals surface area contributed by atoms with Gasteiger partial charge < -0.3 is 14.6 Å². The molecule has 110 valence electrons. The second-order valence-corrected chi connectivity index (χ2v) is 7.25. The molecule has 0 aromatic carbocycles. The molecule has 3 nitrogen and oxygen atoms in total. The summed E-state index contributed by atoms with van der Waals surface area (Å²) in [5, 5.41) is 5.32. The van der Waals surface area contributed by atoms with Gasteiger partial charge in [0.25, 0.3) is 0 Å². The van der Waals surface area contributed by atoms with Crippen molar-refractivity contribution in [2.24, 2.45) is 0 Å². The molecule has 0 aliphatic carbocycles. The molecular weight excluding hydrogens is 269 g/mol. The maximum absolute atomic E-state index is 6.14. The average Bonchev–Trinajstić information content (AvgIpc) is 2.81. The van der Waals surface area contributed by atoms with E-state index in [1.165, 1.54) is 10.4 Å². The van der Waals surface area contributed by atoms with Crippen LogP contribution < -0.4 is 5.32 Å². The van der Waals surface area contributed by atoms with Crippen molar-refractivity contribution in [3.8, 4) is 0 Å².